The summed E-state index contributed by atoms with van der Waals surface area (Å²) in [7, 11) is 1.62. The molecule has 0 heterocycles. The molecule has 0 aliphatic rings. The Kier molecular flexibility index (Phi) is 7.90. The summed E-state index contributed by atoms with van der Waals surface area (Å²) < 4.78 is 5.35. The Balaban J connectivity index is 1.91. The molecule has 0 fully saturated rings. The molecule has 0 radical (unpaired) electrons. The summed E-state index contributed by atoms with van der Waals surface area (Å²) in [4.78, 5) is 17.4. The molecule has 0 bridgehead atoms. The van der Waals surface area contributed by atoms with Crippen LogP contribution in [0.15, 0.2) is 71.7 Å². The fraction of sp³-hybridized carbons (Fsp3) is 0.231. The van der Waals surface area contributed by atoms with Gasteiger partial charge in [0.1, 0.15) is 5.75 Å². The average Bonchev–Trinajstić information content (AvgIpc) is 2.79. The van der Waals surface area contributed by atoms with Crippen molar-refractivity contribution in [3.05, 3.63) is 88.4 Å². The number of halogens is 1. The first-order valence-corrected chi connectivity index (χ1v) is 10.7. The second-order valence-corrected chi connectivity index (χ2v) is 8.11. The Morgan fingerprint density at radius 3 is 2.50 bits per heavy atom. The monoisotopic (exact) mass is 450 g/mol. The number of aliphatic imine (C=N–C) groups is 1. The number of hydrogen-bond acceptors (Lipinski definition) is 4. The van der Waals surface area contributed by atoms with Crippen molar-refractivity contribution in [3.63, 3.8) is 0 Å². The van der Waals surface area contributed by atoms with E-state index in [-0.39, 0.29) is 12.3 Å². The summed E-state index contributed by atoms with van der Waals surface area (Å²) in [5.74, 6) is 0.0627. The molecule has 6 heteroatoms. The van der Waals surface area contributed by atoms with E-state index >= 15 is 0 Å². The molecule has 1 unspecified atom stereocenters. The lowest BCUT2D eigenvalue weighted by Gasteiger charge is -2.30. The number of aliphatic carboxylic acids is 1. The number of carboxylic acid groups (broad SMARTS) is 1. The van der Waals surface area contributed by atoms with Gasteiger partial charge in [0.15, 0.2) is 0 Å². The van der Waals surface area contributed by atoms with Gasteiger partial charge in [0.25, 0.3) is 0 Å². The molecule has 32 heavy (non-hydrogen) atoms. The van der Waals surface area contributed by atoms with Crippen LogP contribution in [0.4, 0.5) is 11.4 Å². The normalized spacial score (nSPS) is 11.6. The molecule has 3 aromatic rings. The van der Waals surface area contributed by atoms with Crippen molar-refractivity contribution in [2.45, 2.75) is 25.8 Å². The van der Waals surface area contributed by atoms with Crippen LogP contribution in [0.25, 0.3) is 0 Å². The van der Waals surface area contributed by atoms with Crippen LogP contribution in [0, 0.1) is 0 Å². The van der Waals surface area contributed by atoms with E-state index in [1.54, 1.807) is 7.11 Å². The minimum Gasteiger partial charge on any atom is -0.497 e. The molecule has 0 spiro atoms. The SMILES string of the molecule is C=Nc1cc(OC)ccc1N(Cc1ccccc1Cl)CC(C)c1ccc(CC(=O)O)cc1. The van der Waals surface area contributed by atoms with Crippen molar-refractivity contribution >= 4 is 35.7 Å². The highest BCUT2D eigenvalue weighted by atomic mass is 35.5. The standard InChI is InChI=1S/C26H27ClN2O3/c1-18(20-10-8-19(9-11-20)14-26(30)31)16-29(17-21-6-4-5-7-23(21)27)25-13-12-22(32-3)15-24(25)28-2/h4-13,15,18H,2,14,16-17H2,1,3H3,(H,30,31). The first-order valence-electron chi connectivity index (χ1n) is 10.3. The molecule has 166 valence electrons. The summed E-state index contributed by atoms with van der Waals surface area (Å²) in [5.41, 5.74) is 4.61. The average molecular weight is 451 g/mol. The van der Waals surface area contributed by atoms with Crippen LogP contribution in [-0.4, -0.2) is 31.4 Å². The molecular weight excluding hydrogens is 424 g/mol. The number of rotatable bonds is 10. The van der Waals surface area contributed by atoms with Gasteiger partial charge in [-0.05, 0) is 47.5 Å². The maximum atomic E-state index is 11.0. The topological polar surface area (TPSA) is 62.1 Å². The van der Waals surface area contributed by atoms with Crippen molar-refractivity contribution in [3.8, 4) is 5.75 Å². The molecule has 0 aromatic heterocycles. The van der Waals surface area contributed by atoms with Crippen molar-refractivity contribution in [2.75, 3.05) is 18.6 Å². The van der Waals surface area contributed by atoms with Gasteiger partial charge in [-0.15, -0.1) is 0 Å². The van der Waals surface area contributed by atoms with E-state index in [0.717, 1.165) is 33.8 Å². The Morgan fingerprint density at radius 2 is 1.88 bits per heavy atom. The number of anilines is 1. The number of ether oxygens (including phenoxy) is 1. The quantitative estimate of drug-likeness (QED) is 0.378. The van der Waals surface area contributed by atoms with Gasteiger partial charge in [-0.2, -0.15) is 0 Å². The van der Waals surface area contributed by atoms with Gasteiger partial charge >= 0.3 is 5.97 Å². The van der Waals surface area contributed by atoms with Gasteiger partial charge in [0, 0.05) is 24.2 Å². The van der Waals surface area contributed by atoms with Crippen LogP contribution in [0.1, 0.15) is 29.5 Å². The number of methoxy groups -OCH3 is 1. The highest BCUT2D eigenvalue weighted by Crippen LogP contribution is 2.35. The lowest BCUT2D eigenvalue weighted by atomic mass is 9.98. The Bertz CT molecular complexity index is 1080. The summed E-state index contributed by atoms with van der Waals surface area (Å²) in [6.07, 6.45) is 0.0213. The third-order valence-electron chi connectivity index (χ3n) is 5.41. The van der Waals surface area contributed by atoms with Crippen molar-refractivity contribution in [1.82, 2.24) is 0 Å². The van der Waals surface area contributed by atoms with Crippen LogP contribution in [-0.2, 0) is 17.8 Å². The number of benzene rings is 3. The predicted octanol–water partition coefficient (Wildman–Crippen LogP) is 6.12. The minimum absolute atomic E-state index is 0.0213. The molecule has 0 aliphatic heterocycles. The highest BCUT2D eigenvalue weighted by molar-refractivity contribution is 6.31. The van der Waals surface area contributed by atoms with Gasteiger partial charge in [-0.25, -0.2) is 0 Å². The van der Waals surface area contributed by atoms with E-state index in [1.165, 1.54) is 0 Å². The summed E-state index contributed by atoms with van der Waals surface area (Å²) in [6.45, 7) is 7.20. The summed E-state index contributed by atoms with van der Waals surface area (Å²) >= 11 is 6.46. The lowest BCUT2D eigenvalue weighted by molar-refractivity contribution is -0.136. The molecular formula is C26H27ClN2O3. The van der Waals surface area contributed by atoms with Crippen molar-refractivity contribution < 1.29 is 14.6 Å². The van der Waals surface area contributed by atoms with Gasteiger partial charge in [-0.1, -0.05) is 61.0 Å². The van der Waals surface area contributed by atoms with Crippen LogP contribution in [0.5, 0.6) is 5.75 Å². The fourth-order valence-corrected chi connectivity index (χ4v) is 3.87. The van der Waals surface area contributed by atoms with E-state index in [1.807, 2.05) is 66.7 Å². The maximum Gasteiger partial charge on any atom is 0.307 e. The lowest BCUT2D eigenvalue weighted by Crippen LogP contribution is -2.27. The fourth-order valence-electron chi connectivity index (χ4n) is 3.68. The van der Waals surface area contributed by atoms with E-state index in [0.29, 0.717) is 18.1 Å². The second-order valence-electron chi connectivity index (χ2n) is 7.70. The van der Waals surface area contributed by atoms with Gasteiger partial charge in [-0.3, -0.25) is 9.79 Å². The van der Waals surface area contributed by atoms with Gasteiger partial charge in [0.05, 0.1) is 24.9 Å². The number of nitrogens with zero attached hydrogens (tertiary/aromatic N) is 2. The minimum atomic E-state index is -0.833. The number of carboxylic acids is 1. The van der Waals surface area contributed by atoms with Crippen LogP contribution in [0.3, 0.4) is 0 Å². The molecule has 0 saturated heterocycles. The van der Waals surface area contributed by atoms with E-state index in [9.17, 15) is 4.79 Å². The Labute approximate surface area is 193 Å². The maximum absolute atomic E-state index is 11.0. The smallest absolute Gasteiger partial charge is 0.307 e. The third kappa shape index (κ3) is 5.89. The molecule has 5 nitrogen and oxygen atoms in total. The number of carbonyl (C=O) groups is 1. The van der Waals surface area contributed by atoms with Crippen molar-refractivity contribution in [1.29, 1.82) is 0 Å². The van der Waals surface area contributed by atoms with Crippen LogP contribution in [0.2, 0.25) is 5.02 Å². The zero-order valence-electron chi connectivity index (χ0n) is 18.3. The summed E-state index contributed by atoms with van der Waals surface area (Å²) in [6, 6.07) is 21.3. The van der Waals surface area contributed by atoms with E-state index < -0.39 is 5.97 Å². The van der Waals surface area contributed by atoms with Gasteiger partial charge in [0.2, 0.25) is 0 Å². The predicted molar refractivity (Wildman–Crippen MR) is 131 cm³/mol. The zero-order chi connectivity index (χ0) is 23.1. The van der Waals surface area contributed by atoms with Crippen LogP contribution >= 0.6 is 11.6 Å². The first kappa shape index (κ1) is 23.4. The Morgan fingerprint density at radius 1 is 1.16 bits per heavy atom. The molecule has 0 amide bonds. The Hall–Kier alpha value is -3.31. The third-order valence-corrected chi connectivity index (χ3v) is 5.78. The first-order chi connectivity index (χ1) is 15.4. The zero-order valence-corrected chi connectivity index (χ0v) is 19.0. The largest absolute Gasteiger partial charge is 0.497 e. The summed E-state index contributed by atoms with van der Waals surface area (Å²) in [5, 5.41) is 9.71. The molecule has 0 aliphatic carbocycles. The molecule has 3 rings (SSSR count). The molecule has 1 atom stereocenters. The van der Waals surface area contributed by atoms with Crippen LogP contribution < -0.4 is 9.64 Å². The highest BCUT2D eigenvalue weighted by Gasteiger charge is 2.18. The van der Waals surface area contributed by atoms with E-state index in [2.05, 4.69) is 23.5 Å². The second kappa shape index (κ2) is 10.8. The molecule has 0 saturated carbocycles. The number of hydrogen-bond donors (Lipinski definition) is 1. The van der Waals surface area contributed by atoms with Crippen molar-refractivity contribution in [2.24, 2.45) is 4.99 Å². The molecule has 3 aromatic carbocycles. The molecule has 1 N–H and O–H groups in total. The van der Waals surface area contributed by atoms with Gasteiger partial charge < -0.3 is 14.7 Å². The van der Waals surface area contributed by atoms with E-state index in [4.69, 9.17) is 21.4 Å².